The van der Waals surface area contributed by atoms with E-state index < -0.39 is 0 Å². The predicted octanol–water partition coefficient (Wildman–Crippen LogP) is 1.27. The average Bonchev–Trinajstić information content (AvgIpc) is 3.15. The first-order chi connectivity index (χ1) is 11.0. The normalized spacial score (nSPS) is 21.7. The molecule has 2 atom stereocenters. The van der Waals surface area contributed by atoms with E-state index in [0.717, 1.165) is 42.2 Å². The number of aliphatic hydroxyl groups is 1. The van der Waals surface area contributed by atoms with Crippen molar-refractivity contribution in [2.75, 3.05) is 13.1 Å². The maximum absolute atomic E-state index is 10.3. The minimum atomic E-state index is -0.327. The molecule has 0 bridgehead atoms. The molecule has 6 nitrogen and oxygen atoms in total. The molecule has 2 N–H and O–H groups in total. The minimum absolute atomic E-state index is 0.206. The fourth-order valence-corrected chi connectivity index (χ4v) is 3.39. The van der Waals surface area contributed by atoms with Gasteiger partial charge in [-0.2, -0.15) is 10.4 Å². The molecule has 0 aromatic carbocycles. The maximum Gasteiger partial charge on any atom is 0.120 e. The number of nitrogens with zero attached hydrogens (tertiary/aromatic N) is 4. The van der Waals surface area contributed by atoms with E-state index in [-0.39, 0.29) is 12.0 Å². The average molecular weight is 313 g/mol. The summed E-state index contributed by atoms with van der Waals surface area (Å²) in [6.07, 6.45) is 0.464. The van der Waals surface area contributed by atoms with Crippen LogP contribution in [0.3, 0.4) is 0 Å². The van der Waals surface area contributed by atoms with Crippen LogP contribution in [0.25, 0.3) is 0 Å². The summed E-state index contributed by atoms with van der Waals surface area (Å²) < 4.78 is 1.92. The molecule has 0 radical (unpaired) electrons. The molecule has 0 spiro atoms. The SMILES string of the molecule is Cc1cc(C[C@@H]2CN(Cc3cc(C#N)n(C)c3C)C[C@H]2O)n[nH]1. The lowest BCUT2D eigenvalue weighted by molar-refractivity contribution is 0.140. The van der Waals surface area contributed by atoms with E-state index in [1.165, 1.54) is 0 Å². The molecule has 2 aromatic heterocycles. The number of hydrogen-bond donors (Lipinski definition) is 2. The summed E-state index contributed by atoms with van der Waals surface area (Å²) in [4.78, 5) is 2.26. The van der Waals surface area contributed by atoms with Crippen molar-refractivity contribution in [2.45, 2.75) is 32.9 Å². The number of nitrogens with one attached hydrogen (secondary N) is 1. The lowest BCUT2D eigenvalue weighted by atomic mass is 10.0. The molecule has 0 unspecified atom stereocenters. The van der Waals surface area contributed by atoms with Crippen LogP contribution in [-0.2, 0) is 20.0 Å². The fourth-order valence-electron chi connectivity index (χ4n) is 3.39. The molecule has 0 aliphatic carbocycles. The molecule has 1 saturated heterocycles. The van der Waals surface area contributed by atoms with Gasteiger partial charge in [-0.1, -0.05) is 0 Å². The second-order valence-corrected chi connectivity index (χ2v) is 6.58. The zero-order valence-electron chi connectivity index (χ0n) is 13.9. The maximum atomic E-state index is 10.3. The third-order valence-corrected chi connectivity index (χ3v) is 4.86. The van der Waals surface area contributed by atoms with E-state index in [2.05, 4.69) is 21.2 Å². The van der Waals surface area contributed by atoms with E-state index in [1.807, 2.05) is 37.6 Å². The summed E-state index contributed by atoms with van der Waals surface area (Å²) in [6, 6.07) is 6.21. The van der Waals surface area contributed by atoms with Gasteiger partial charge in [0.25, 0.3) is 0 Å². The van der Waals surface area contributed by atoms with Gasteiger partial charge < -0.3 is 9.67 Å². The van der Waals surface area contributed by atoms with Gasteiger partial charge in [-0.3, -0.25) is 10.00 Å². The molecule has 2 aromatic rings. The number of rotatable bonds is 4. The molecule has 3 heterocycles. The second kappa shape index (κ2) is 6.19. The number of aromatic nitrogens is 3. The van der Waals surface area contributed by atoms with E-state index >= 15 is 0 Å². The van der Waals surface area contributed by atoms with Crippen molar-refractivity contribution in [3.63, 3.8) is 0 Å². The number of aryl methyl sites for hydroxylation is 1. The standard InChI is InChI=1S/C17H23N5O/c1-11-4-15(20-19-11)5-14-9-22(10-17(14)23)8-13-6-16(7-18)21(3)12(13)2/h4,6,14,17,23H,5,8-10H2,1-3H3,(H,19,20)/t14-,17-/m1/s1. The van der Waals surface area contributed by atoms with Gasteiger partial charge >= 0.3 is 0 Å². The van der Waals surface area contributed by atoms with Crippen molar-refractivity contribution in [3.05, 3.63) is 40.5 Å². The van der Waals surface area contributed by atoms with Crippen LogP contribution in [0.15, 0.2) is 12.1 Å². The van der Waals surface area contributed by atoms with Crippen LogP contribution in [0.5, 0.6) is 0 Å². The van der Waals surface area contributed by atoms with Crippen LogP contribution in [-0.4, -0.2) is 44.0 Å². The van der Waals surface area contributed by atoms with Crippen molar-refractivity contribution in [1.29, 1.82) is 5.26 Å². The Morgan fingerprint density at radius 2 is 2.17 bits per heavy atom. The Labute approximate surface area is 136 Å². The molecule has 1 aliphatic rings. The monoisotopic (exact) mass is 313 g/mol. The molecule has 122 valence electrons. The molecule has 6 heteroatoms. The van der Waals surface area contributed by atoms with E-state index in [0.29, 0.717) is 12.2 Å². The quantitative estimate of drug-likeness (QED) is 0.891. The van der Waals surface area contributed by atoms with Crippen LogP contribution >= 0.6 is 0 Å². The zero-order valence-corrected chi connectivity index (χ0v) is 13.9. The molecular formula is C17H23N5O. The number of hydrogen-bond acceptors (Lipinski definition) is 4. The van der Waals surface area contributed by atoms with Gasteiger partial charge in [0.2, 0.25) is 0 Å². The van der Waals surface area contributed by atoms with Gasteiger partial charge in [-0.25, -0.2) is 0 Å². The van der Waals surface area contributed by atoms with E-state index in [4.69, 9.17) is 5.26 Å². The summed E-state index contributed by atoms with van der Waals surface area (Å²) in [6.45, 7) is 6.31. The molecule has 3 rings (SSSR count). The topological polar surface area (TPSA) is 80.9 Å². The highest BCUT2D eigenvalue weighted by molar-refractivity contribution is 5.34. The van der Waals surface area contributed by atoms with Crippen molar-refractivity contribution in [1.82, 2.24) is 19.7 Å². The largest absolute Gasteiger partial charge is 0.391 e. The van der Waals surface area contributed by atoms with Gasteiger partial charge in [0.1, 0.15) is 11.8 Å². The number of likely N-dealkylation sites (tertiary alicyclic amines) is 1. The van der Waals surface area contributed by atoms with Crippen molar-refractivity contribution < 1.29 is 5.11 Å². The highest BCUT2D eigenvalue weighted by Gasteiger charge is 2.32. The highest BCUT2D eigenvalue weighted by Crippen LogP contribution is 2.24. The highest BCUT2D eigenvalue weighted by atomic mass is 16.3. The Kier molecular flexibility index (Phi) is 4.24. The molecule has 1 fully saturated rings. The summed E-state index contributed by atoms with van der Waals surface area (Å²) in [7, 11) is 1.92. The Morgan fingerprint density at radius 3 is 2.78 bits per heavy atom. The summed E-state index contributed by atoms with van der Waals surface area (Å²) in [5, 5.41) is 26.7. The predicted molar refractivity (Wildman–Crippen MR) is 86.7 cm³/mol. The number of H-pyrrole nitrogens is 1. The molecule has 23 heavy (non-hydrogen) atoms. The lowest BCUT2D eigenvalue weighted by Gasteiger charge is -2.15. The Bertz CT molecular complexity index is 739. The summed E-state index contributed by atoms with van der Waals surface area (Å²) in [5.41, 5.74) is 5.01. The van der Waals surface area contributed by atoms with E-state index in [1.54, 1.807) is 0 Å². The molecule has 1 aliphatic heterocycles. The van der Waals surface area contributed by atoms with Crippen LogP contribution in [0.4, 0.5) is 0 Å². The first kappa shape index (κ1) is 15.8. The summed E-state index contributed by atoms with van der Waals surface area (Å²) >= 11 is 0. The number of β-amino-alcohol motifs (C(OH)–C–C–N with tert-alkyl or cyclic N) is 1. The Hall–Kier alpha value is -2.10. The molecule has 0 saturated carbocycles. The minimum Gasteiger partial charge on any atom is -0.391 e. The van der Waals surface area contributed by atoms with Gasteiger partial charge in [-0.15, -0.1) is 0 Å². The first-order valence-corrected chi connectivity index (χ1v) is 7.94. The lowest BCUT2D eigenvalue weighted by Crippen LogP contribution is -2.21. The van der Waals surface area contributed by atoms with Crippen LogP contribution in [0.1, 0.15) is 28.3 Å². The number of aromatic amines is 1. The van der Waals surface area contributed by atoms with Crippen LogP contribution in [0.2, 0.25) is 0 Å². The second-order valence-electron chi connectivity index (χ2n) is 6.58. The van der Waals surface area contributed by atoms with Gasteiger partial charge in [0.05, 0.1) is 11.8 Å². The Balaban J connectivity index is 1.66. The van der Waals surface area contributed by atoms with Crippen LogP contribution < -0.4 is 0 Å². The first-order valence-electron chi connectivity index (χ1n) is 7.94. The van der Waals surface area contributed by atoms with Gasteiger partial charge in [0.15, 0.2) is 0 Å². The third kappa shape index (κ3) is 3.16. The van der Waals surface area contributed by atoms with Crippen molar-refractivity contribution in [3.8, 4) is 6.07 Å². The number of nitriles is 1. The number of aliphatic hydroxyl groups excluding tert-OH is 1. The third-order valence-electron chi connectivity index (χ3n) is 4.86. The van der Waals surface area contributed by atoms with Crippen LogP contribution in [0, 0.1) is 31.1 Å². The van der Waals surface area contributed by atoms with Crippen molar-refractivity contribution in [2.24, 2.45) is 13.0 Å². The Morgan fingerprint density at radius 1 is 1.39 bits per heavy atom. The summed E-state index contributed by atoms with van der Waals surface area (Å²) in [5.74, 6) is 0.206. The molecular weight excluding hydrogens is 290 g/mol. The fraction of sp³-hybridized carbons (Fsp3) is 0.529. The zero-order chi connectivity index (χ0) is 16.6. The van der Waals surface area contributed by atoms with Gasteiger partial charge in [-0.05, 0) is 38.0 Å². The van der Waals surface area contributed by atoms with E-state index in [9.17, 15) is 5.11 Å². The van der Waals surface area contributed by atoms with Gasteiger partial charge in [0, 0.05) is 44.0 Å². The van der Waals surface area contributed by atoms with Crippen molar-refractivity contribution >= 4 is 0 Å². The smallest absolute Gasteiger partial charge is 0.120 e. The molecule has 0 amide bonds.